The SMILES string of the molecule is CC(C)N1NCCN1S(=O)(=O)c1ccccc1. The maximum absolute atomic E-state index is 12.4. The van der Waals surface area contributed by atoms with Crippen LogP contribution in [0.1, 0.15) is 13.8 Å². The van der Waals surface area contributed by atoms with E-state index in [9.17, 15) is 8.42 Å². The molecule has 1 aromatic rings. The monoisotopic (exact) mass is 255 g/mol. The van der Waals surface area contributed by atoms with Crippen LogP contribution in [-0.4, -0.2) is 37.1 Å². The Bertz CT molecular complexity index is 473. The summed E-state index contributed by atoms with van der Waals surface area (Å²) in [6, 6.07) is 8.60. The quantitative estimate of drug-likeness (QED) is 0.869. The average Bonchev–Trinajstić information content (AvgIpc) is 2.80. The van der Waals surface area contributed by atoms with Gasteiger partial charge in [-0.15, -0.1) is 4.41 Å². The fraction of sp³-hybridized carbons (Fsp3) is 0.455. The van der Waals surface area contributed by atoms with Crippen molar-refractivity contribution in [3.05, 3.63) is 30.3 Å². The van der Waals surface area contributed by atoms with Crippen molar-refractivity contribution in [2.75, 3.05) is 13.1 Å². The Hall–Kier alpha value is -0.950. The Morgan fingerprint density at radius 3 is 2.47 bits per heavy atom. The normalized spacial score (nSPS) is 19.0. The third-order valence-corrected chi connectivity index (χ3v) is 4.41. The van der Waals surface area contributed by atoms with Crippen LogP contribution < -0.4 is 5.43 Å². The molecule has 0 aliphatic carbocycles. The van der Waals surface area contributed by atoms with Crippen molar-refractivity contribution in [1.29, 1.82) is 0 Å². The maximum atomic E-state index is 12.4. The van der Waals surface area contributed by atoms with Crippen molar-refractivity contribution in [1.82, 2.24) is 15.0 Å². The molecule has 2 rings (SSSR count). The molecule has 0 atom stereocenters. The van der Waals surface area contributed by atoms with Crippen molar-refractivity contribution < 1.29 is 8.42 Å². The first kappa shape index (κ1) is 12.5. The number of sulfonamides is 1. The topological polar surface area (TPSA) is 52.6 Å². The smallest absolute Gasteiger partial charge is 0.239 e. The first-order chi connectivity index (χ1) is 8.03. The van der Waals surface area contributed by atoms with E-state index in [0.717, 1.165) is 0 Å². The minimum atomic E-state index is -3.44. The molecule has 17 heavy (non-hydrogen) atoms. The molecule has 0 saturated carbocycles. The van der Waals surface area contributed by atoms with Gasteiger partial charge in [-0.05, 0) is 26.0 Å². The first-order valence-electron chi connectivity index (χ1n) is 5.64. The van der Waals surface area contributed by atoms with Crippen LogP contribution in [0, 0.1) is 0 Å². The molecule has 1 fully saturated rings. The van der Waals surface area contributed by atoms with Gasteiger partial charge in [0.1, 0.15) is 0 Å². The number of rotatable bonds is 3. The number of hydrogen-bond donors (Lipinski definition) is 1. The van der Waals surface area contributed by atoms with Crippen molar-refractivity contribution in [3.8, 4) is 0 Å². The molecule has 1 heterocycles. The third kappa shape index (κ3) is 2.35. The van der Waals surface area contributed by atoms with Crippen molar-refractivity contribution in [3.63, 3.8) is 0 Å². The predicted octanol–water partition coefficient (Wildman–Crippen LogP) is 0.821. The van der Waals surface area contributed by atoms with Gasteiger partial charge in [0, 0.05) is 19.1 Å². The largest absolute Gasteiger partial charge is 0.257 e. The second-order valence-corrected chi connectivity index (χ2v) is 6.05. The van der Waals surface area contributed by atoms with Gasteiger partial charge in [0.25, 0.3) is 10.0 Å². The molecule has 94 valence electrons. The van der Waals surface area contributed by atoms with E-state index in [1.165, 1.54) is 4.41 Å². The summed E-state index contributed by atoms with van der Waals surface area (Å²) in [5, 5.41) is 1.67. The van der Waals surface area contributed by atoms with E-state index in [0.29, 0.717) is 18.0 Å². The number of benzene rings is 1. The van der Waals surface area contributed by atoms with Gasteiger partial charge in [0.15, 0.2) is 0 Å². The van der Waals surface area contributed by atoms with Crippen LogP contribution in [0.2, 0.25) is 0 Å². The third-order valence-electron chi connectivity index (χ3n) is 2.62. The summed E-state index contributed by atoms with van der Waals surface area (Å²) in [6.07, 6.45) is 0. The van der Waals surface area contributed by atoms with E-state index in [1.54, 1.807) is 29.4 Å². The van der Waals surface area contributed by atoms with Gasteiger partial charge >= 0.3 is 0 Å². The highest BCUT2D eigenvalue weighted by Crippen LogP contribution is 2.19. The van der Waals surface area contributed by atoms with Crippen molar-refractivity contribution in [2.24, 2.45) is 0 Å². The molecule has 1 aliphatic heterocycles. The fourth-order valence-corrected chi connectivity index (χ4v) is 3.39. The summed E-state index contributed by atoms with van der Waals surface area (Å²) in [5.41, 5.74) is 3.06. The van der Waals surface area contributed by atoms with Gasteiger partial charge in [-0.25, -0.2) is 13.8 Å². The molecular weight excluding hydrogens is 238 g/mol. The van der Waals surface area contributed by atoms with E-state index >= 15 is 0 Å². The summed E-state index contributed by atoms with van der Waals surface area (Å²) >= 11 is 0. The highest BCUT2D eigenvalue weighted by molar-refractivity contribution is 7.89. The van der Waals surface area contributed by atoms with Gasteiger partial charge in [-0.3, -0.25) is 0 Å². The van der Waals surface area contributed by atoms with Gasteiger partial charge in [0.2, 0.25) is 0 Å². The molecule has 1 aliphatic rings. The molecule has 5 nitrogen and oxygen atoms in total. The summed E-state index contributed by atoms with van der Waals surface area (Å²) in [6.45, 7) is 5.01. The van der Waals surface area contributed by atoms with E-state index in [4.69, 9.17) is 0 Å². The minimum absolute atomic E-state index is 0.0935. The first-order valence-corrected chi connectivity index (χ1v) is 7.08. The number of hydrogen-bond acceptors (Lipinski definition) is 4. The number of nitrogens with one attached hydrogen (secondary N) is 1. The number of nitrogens with zero attached hydrogens (tertiary/aromatic N) is 2. The second-order valence-electron chi connectivity index (χ2n) is 4.21. The lowest BCUT2D eigenvalue weighted by Crippen LogP contribution is -2.48. The zero-order valence-electron chi connectivity index (χ0n) is 10.00. The van der Waals surface area contributed by atoms with Crippen molar-refractivity contribution >= 4 is 10.0 Å². The van der Waals surface area contributed by atoms with Gasteiger partial charge in [0.05, 0.1) is 4.90 Å². The molecule has 0 radical (unpaired) electrons. The Kier molecular flexibility index (Phi) is 3.48. The van der Waals surface area contributed by atoms with E-state index in [-0.39, 0.29) is 6.04 Å². The fourth-order valence-electron chi connectivity index (χ4n) is 1.84. The highest BCUT2D eigenvalue weighted by atomic mass is 32.2. The lowest BCUT2D eigenvalue weighted by molar-refractivity contribution is 0.0327. The molecule has 0 unspecified atom stereocenters. The summed E-state index contributed by atoms with van der Waals surface area (Å²) in [7, 11) is -3.44. The molecule has 0 amide bonds. The van der Waals surface area contributed by atoms with E-state index in [1.807, 2.05) is 19.9 Å². The summed E-state index contributed by atoms with van der Waals surface area (Å²) in [5.74, 6) is 0. The molecule has 6 heteroatoms. The lowest BCUT2D eigenvalue weighted by Gasteiger charge is -2.29. The molecule has 0 spiro atoms. The Morgan fingerprint density at radius 1 is 1.24 bits per heavy atom. The second kappa shape index (κ2) is 4.73. The Morgan fingerprint density at radius 2 is 1.88 bits per heavy atom. The minimum Gasteiger partial charge on any atom is -0.239 e. The van der Waals surface area contributed by atoms with Crippen LogP contribution in [0.15, 0.2) is 35.2 Å². The van der Waals surface area contributed by atoms with Crippen LogP contribution in [0.25, 0.3) is 0 Å². The van der Waals surface area contributed by atoms with Crippen LogP contribution in [0.5, 0.6) is 0 Å². The molecule has 1 N–H and O–H groups in total. The Labute approximate surface area is 102 Å². The summed E-state index contributed by atoms with van der Waals surface area (Å²) < 4.78 is 26.2. The van der Waals surface area contributed by atoms with E-state index in [2.05, 4.69) is 5.43 Å². The predicted molar refractivity (Wildman–Crippen MR) is 65.3 cm³/mol. The Balaban J connectivity index is 2.33. The van der Waals surface area contributed by atoms with Crippen LogP contribution in [0.3, 0.4) is 0 Å². The zero-order valence-corrected chi connectivity index (χ0v) is 10.8. The van der Waals surface area contributed by atoms with Gasteiger partial charge in [-0.1, -0.05) is 18.2 Å². The molecule has 1 saturated heterocycles. The summed E-state index contributed by atoms with van der Waals surface area (Å²) in [4.78, 5) is 0.328. The molecule has 1 aromatic carbocycles. The molecule has 0 bridgehead atoms. The maximum Gasteiger partial charge on any atom is 0.257 e. The van der Waals surface area contributed by atoms with Crippen molar-refractivity contribution in [2.45, 2.75) is 24.8 Å². The highest BCUT2D eigenvalue weighted by Gasteiger charge is 2.34. The molecular formula is C11H17N3O2S. The number of hydrazine groups is 2. The lowest BCUT2D eigenvalue weighted by atomic mass is 10.4. The average molecular weight is 255 g/mol. The molecule has 0 aromatic heterocycles. The van der Waals surface area contributed by atoms with E-state index < -0.39 is 10.0 Å². The van der Waals surface area contributed by atoms with Crippen LogP contribution in [0.4, 0.5) is 0 Å². The zero-order chi connectivity index (χ0) is 12.5. The van der Waals surface area contributed by atoms with Gasteiger partial charge < -0.3 is 0 Å². The van der Waals surface area contributed by atoms with Crippen LogP contribution in [-0.2, 0) is 10.0 Å². The van der Waals surface area contributed by atoms with Crippen LogP contribution >= 0.6 is 0 Å². The van der Waals surface area contributed by atoms with Gasteiger partial charge in [-0.2, -0.15) is 5.12 Å². The standard InChI is InChI=1S/C11H17N3O2S/c1-10(2)14-12-8-9-13(14)17(15,16)11-6-4-3-5-7-11/h3-7,10,12H,8-9H2,1-2H3.